The number of nitrogens with one attached hydrogen (secondary N) is 2. The van der Waals surface area contributed by atoms with Crippen molar-refractivity contribution in [3.8, 4) is 5.88 Å². The fraction of sp³-hybridized carbons (Fsp3) is 0.522. The number of aliphatic hydroxyl groups is 1. The zero-order valence-electron chi connectivity index (χ0n) is 19.7. The van der Waals surface area contributed by atoms with E-state index in [1.54, 1.807) is 19.1 Å². The van der Waals surface area contributed by atoms with Gasteiger partial charge in [0.2, 0.25) is 5.88 Å². The Bertz CT molecular complexity index is 999. The molecule has 0 saturated carbocycles. The smallest absolute Gasteiger partial charge is 0.319 e. The molecule has 1 aromatic carbocycles. The number of benzene rings is 1. The number of nitrogens with two attached hydrogens (primary N) is 1. The largest absolute Gasteiger partial charge is 0.471 e. The molecule has 12 heteroatoms. The van der Waals surface area contributed by atoms with Crippen molar-refractivity contribution in [3.63, 3.8) is 0 Å². The van der Waals surface area contributed by atoms with Gasteiger partial charge in [0, 0.05) is 31.7 Å². The topological polar surface area (TPSA) is 139 Å². The Kier molecular flexibility index (Phi) is 10.2. The number of unbranched alkanes of at least 4 members (excludes halogenated alkanes) is 1. The average molecular weight is 510 g/mol. The monoisotopic (exact) mass is 509 g/mol. The summed E-state index contributed by atoms with van der Waals surface area (Å²) in [5.41, 5.74) is 6.48. The number of urea groups is 1. The molecule has 1 fully saturated rings. The fourth-order valence-electron chi connectivity index (χ4n) is 3.62. The zero-order valence-corrected chi connectivity index (χ0v) is 20.5. The molecule has 2 aromatic rings. The van der Waals surface area contributed by atoms with Crippen LogP contribution in [0.25, 0.3) is 0 Å². The number of primary amides is 1. The van der Waals surface area contributed by atoms with E-state index in [1.165, 1.54) is 6.07 Å². The first-order valence-corrected chi connectivity index (χ1v) is 12.3. The molecule has 0 aliphatic carbocycles. The number of carbonyl (C=O) groups is 2. The lowest BCUT2D eigenvalue weighted by molar-refractivity contribution is 0.0128. The van der Waals surface area contributed by atoms with Gasteiger partial charge in [-0.25, -0.2) is 9.18 Å². The Morgan fingerprint density at radius 1 is 1.34 bits per heavy atom. The van der Waals surface area contributed by atoms with Crippen molar-refractivity contribution >= 4 is 28.5 Å². The zero-order chi connectivity index (χ0) is 25.2. The van der Waals surface area contributed by atoms with Crippen LogP contribution in [0, 0.1) is 12.7 Å². The molecule has 0 spiro atoms. The molecule has 1 aromatic heterocycles. The lowest BCUT2D eigenvalue weighted by Gasteiger charge is -2.28. The van der Waals surface area contributed by atoms with Crippen molar-refractivity contribution in [3.05, 3.63) is 40.7 Å². The van der Waals surface area contributed by atoms with Crippen molar-refractivity contribution in [1.82, 2.24) is 14.6 Å². The molecule has 0 radical (unpaired) electrons. The van der Waals surface area contributed by atoms with Crippen LogP contribution in [0.4, 0.5) is 14.2 Å². The van der Waals surface area contributed by atoms with Crippen LogP contribution in [-0.2, 0) is 11.3 Å². The minimum atomic E-state index is -0.817. The van der Waals surface area contributed by atoms with Crippen molar-refractivity contribution in [2.45, 2.75) is 38.9 Å². The van der Waals surface area contributed by atoms with E-state index in [4.69, 9.17) is 15.2 Å². The molecule has 3 amide bonds. The number of morpholine rings is 1. The molecule has 192 valence electrons. The Morgan fingerprint density at radius 2 is 2.11 bits per heavy atom. The number of hydrogen-bond acceptors (Lipinski definition) is 8. The molecule has 10 nitrogen and oxygen atoms in total. The first-order chi connectivity index (χ1) is 16.8. The summed E-state index contributed by atoms with van der Waals surface area (Å²) in [5, 5.41) is 15.6. The van der Waals surface area contributed by atoms with E-state index in [2.05, 4.69) is 19.9 Å². The third-order valence-electron chi connectivity index (χ3n) is 5.53. The van der Waals surface area contributed by atoms with Gasteiger partial charge < -0.3 is 25.6 Å². The van der Waals surface area contributed by atoms with Gasteiger partial charge in [0.05, 0.1) is 19.3 Å². The maximum absolute atomic E-state index is 14.0. The van der Waals surface area contributed by atoms with Crippen LogP contribution in [0.2, 0.25) is 0 Å². The molecule has 35 heavy (non-hydrogen) atoms. The van der Waals surface area contributed by atoms with Crippen molar-refractivity contribution in [2.24, 2.45) is 5.73 Å². The van der Waals surface area contributed by atoms with E-state index in [-0.39, 0.29) is 23.1 Å². The number of carbonyl (C=O) groups excluding carboxylic acids is 2. The number of β-amino-alcohol motifs (C(OH)–C–C–N with tert-alkyl or cyclic N) is 1. The highest BCUT2D eigenvalue weighted by Gasteiger charge is 2.22. The summed E-state index contributed by atoms with van der Waals surface area (Å²) in [6.07, 6.45) is 1.68. The number of halogens is 1. The Labute approximate surface area is 207 Å². The van der Waals surface area contributed by atoms with Crippen LogP contribution in [-0.4, -0.2) is 71.8 Å². The number of anilines is 1. The van der Waals surface area contributed by atoms with Gasteiger partial charge in [-0.3, -0.25) is 15.0 Å². The van der Waals surface area contributed by atoms with E-state index >= 15 is 0 Å². The van der Waals surface area contributed by atoms with Gasteiger partial charge in [-0.05, 0) is 49.3 Å². The molecule has 1 unspecified atom stereocenters. The number of aryl methyl sites for hydroxylation is 1. The number of amides is 3. The summed E-state index contributed by atoms with van der Waals surface area (Å²) in [6.45, 7) is 5.72. The first kappa shape index (κ1) is 26.8. The predicted octanol–water partition coefficient (Wildman–Crippen LogP) is 2.25. The molecule has 0 bridgehead atoms. The number of hydrogen-bond donors (Lipinski definition) is 4. The average Bonchev–Trinajstić information content (AvgIpc) is 3.21. The standard InChI is InChI=1S/C23H32FN5O5S/c1-15-5-6-16(18(24)12-15)14-34-21-19(20(25)31)22(35-28-21)27-23(32)26-7-3-2-4-17(30)13-29-8-10-33-11-9-29/h5-6,12,17,30H,2-4,7-11,13-14H2,1H3,(H2,25,31)(H2,26,27,32). The molecular formula is C23H32FN5O5S. The first-order valence-electron chi connectivity index (χ1n) is 11.5. The van der Waals surface area contributed by atoms with Crippen LogP contribution in [0.5, 0.6) is 5.88 Å². The quantitative estimate of drug-likeness (QED) is 0.322. The molecule has 1 atom stereocenters. The molecule has 1 saturated heterocycles. The molecule has 1 aliphatic rings. The number of rotatable bonds is 12. The molecule has 1 aliphatic heterocycles. The van der Waals surface area contributed by atoms with Gasteiger partial charge in [-0.1, -0.05) is 12.1 Å². The maximum atomic E-state index is 14.0. The summed E-state index contributed by atoms with van der Waals surface area (Å²) in [6, 6.07) is 4.22. The third-order valence-corrected chi connectivity index (χ3v) is 6.28. The predicted molar refractivity (Wildman–Crippen MR) is 130 cm³/mol. The Morgan fingerprint density at radius 3 is 2.83 bits per heavy atom. The number of ether oxygens (including phenoxy) is 2. The summed E-state index contributed by atoms with van der Waals surface area (Å²) < 4.78 is 28.9. The third kappa shape index (κ3) is 8.42. The van der Waals surface area contributed by atoms with Gasteiger partial charge >= 0.3 is 6.03 Å². The maximum Gasteiger partial charge on any atom is 0.319 e. The minimum Gasteiger partial charge on any atom is -0.471 e. The van der Waals surface area contributed by atoms with Crippen LogP contribution in [0.1, 0.15) is 40.7 Å². The van der Waals surface area contributed by atoms with Crippen molar-refractivity contribution in [2.75, 3.05) is 44.7 Å². The van der Waals surface area contributed by atoms with Crippen LogP contribution < -0.4 is 21.1 Å². The summed E-state index contributed by atoms with van der Waals surface area (Å²) in [4.78, 5) is 26.4. The van der Waals surface area contributed by atoms with Crippen LogP contribution in [0.3, 0.4) is 0 Å². The minimum absolute atomic E-state index is 0.0629. The highest BCUT2D eigenvalue weighted by atomic mass is 32.1. The summed E-state index contributed by atoms with van der Waals surface area (Å²) in [5.74, 6) is -1.30. The van der Waals surface area contributed by atoms with Gasteiger partial charge in [-0.2, -0.15) is 4.37 Å². The van der Waals surface area contributed by atoms with Crippen molar-refractivity contribution in [1.29, 1.82) is 0 Å². The molecule has 2 heterocycles. The second-order valence-corrected chi connectivity index (χ2v) is 9.16. The van der Waals surface area contributed by atoms with Crippen LogP contribution >= 0.6 is 11.5 Å². The highest BCUT2D eigenvalue weighted by Crippen LogP contribution is 2.31. The highest BCUT2D eigenvalue weighted by molar-refractivity contribution is 7.11. The van der Waals surface area contributed by atoms with Gasteiger partial charge in [-0.15, -0.1) is 0 Å². The fourth-order valence-corrected chi connectivity index (χ4v) is 4.36. The molecule has 5 N–H and O–H groups in total. The van der Waals surface area contributed by atoms with E-state index < -0.39 is 23.9 Å². The summed E-state index contributed by atoms with van der Waals surface area (Å²) >= 11 is 0.851. The normalized spacial score (nSPS) is 14.9. The van der Waals surface area contributed by atoms with E-state index in [0.29, 0.717) is 44.7 Å². The Hall–Kier alpha value is -2.80. The number of nitrogens with zero attached hydrogens (tertiary/aromatic N) is 2. The SMILES string of the molecule is Cc1ccc(COc2nsc(NC(=O)NCCCCC(O)CN3CCOCC3)c2C(N)=O)c(F)c1. The van der Waals surface area contributed by atoms with E-state index in [0.717, 1.165) is 36.6 Å². The number of aromatic nitrogens is 1. The van der Waals surface area contributed by atoms with E-state index in [9.17, 15) is 19.1 Å². The number of aliphatic hydroxyl groups excluding tert-OH is 1. The molecular weight excluding hydrogens is 477 g/mol. The Balaban J connectivity index is 1.41. The second kappa shape index (κ2) is 13.3. The summed E-state index contributed by atoms with van der Waals surface area (Å²) in [7, 11) is 0. The van der Waals surface area contributed by atoms with Gasteiger partial charge in [0.1, 0.15) is 23.0 Å². The lowest BCUT2D eigenvalue weighted by atomic mass is 10.1. The van der Waals surface area contributed by atoms with Gasteiger partial charge in [0.15, 0.2) is 0 Å². The second-order valence-electron chi connectivity index (χ2n) is 8.38. The van der Waals surface area contributed by atoms with Crippen LogP contribution in [0.15, 0.2) is 18.2 Å². The van der Waals surface area contributed by atoms with Crippen molar-refractivity contribution < 1.29 is 28.6 Å². The molecule has 3 rings (SSSR count). The van der Waals surface area contributed by atoms with E-state index in [1.807, 2.05) is 0 Å². The van der Waals surface area contributed by atoms with Gasteiger partial charge in [0.25, 0.3) is 5.91 Å². The lowest BCUT2D eigenvalue weighted by Crippen LogP contribution is -2.40.